The fourth-order valence-corrected chi connectivity index (χ4v) is 2.28. The lowest BCUT2D eigenvalue weighted by atomic mass is 9.53. The van der Waals surface area contributed by atoms with Crippen LogP contribution < -0.4 is 0 Å². The van der Waals surface area contributed by atoms with Gasteiger partial charge in [0.15, 0.2) is 0 Å². The van der Waals surface area contributed by atoms with Gasteiger partial charge in [-0.1, -0.05) is 0 Å². The zero-order chi connectivity index (χ0) is 7.19. The summed E-state index contributed by atoms with van der Waals surface area (Å²) >= 11 is 0. The van der Waals surface area contributed by atoms with Crippen molar-refractivity contribution in [3.63, 3.8) is 0 Å². The molecule has 10 heavy (non-hydrogen) atoms. The van der Waals surface area contributed by atoms with E-state index in [0.717, 1.165) is 31.6 Å². The standard InChI is InChI=1S/C8H11NO/c9-5-8-3-6(4-8)1-2-7(8)10/h6-7,10H,1-4H2/t6?,7-,8?/m0/s1. The first kappa shape index (κ1) is 6.18. The summed E-state index contributed by atoms with van der Waals surface area (Å²) < 4.78 is 0. The first-order chi connectivity index (χ1) is 4.77. The highest BCUT2D eigenvalue weighted by atomic mass is 16.3. The number of aliphatic hydroxyl groups is 1. The van der Waals surface area contributed by atoms with Crippen molar-refractivity contribution in [3.05, 3.63) is 0 Å². The maximum absolute atomic E-state index is 9.44. The second-order valence-electron chi connectivity index (χ2n) is 3.64. The minimum Gasteiger partial charge on any atom is -0.391 e. The Labute approximate surface area is 60.5 Å². The molecule has 3 aliphatic rings. The number of fused-ring (bicyclic) bond motifs is 2. The molecule has 3 fully saturated rings. The predicted molar refractivity (Wildman–Crippen MR) is 36.0 cm³/mol. The molecule has 2 nitrogen and oxygen atoms in total. The van der Waals surface area contributed by atoms with E-state index in [9.17, 15) is 5.11 Å². The zero-order valence-electron chi connectivity index (χ0n) is 5.88. The number of hydrogen-bond acceptors (Lipinski definition) is 2. The Morgan fingerprint density at radius 1 is 1.40 bits per heavy atom. The van der Waals surface area contributed by atoms with Crippen molar-refractivity contribution in [1.29, 1.82) is 5.26 Å². The van der Waals surface area contributed by atoms with E-state index in [1.54, 1.807) is 0 Å². The average molecular weight is 137 g/mol. The summed E-state index contributed by atoms with van der Waals surface area (Å²) in [5, 5.41) is 18.2. The molecule has 3 saturated carbocycles. The Morgan fingerprint density at radius 3 is 2.50 bits per heavy atom. The predicted octanol–water partition coefficient (Wildman–Crippen LogP) is 1.06. The van der Waals surface area contributed by atoms with Crippen molar-refractivity contribution in [2.45, 2.75) is 31.8 Å². The first-order valence-corrected chi connectivity index (χ1v) is 3.86. The van der Waals surface area contributed by atoms with Crippen molar-refractivity contribution in [3.8, 4) is 6.07 Å². The summed E-state index contributed by atoms with van der Waals surface area (Å²) in [7, 11) is 0. The van der Waals surface area contributed by atoms with Crippen LogP contribution in [0.15, 0.2) is 0 Å². The molecule has 54 valence electrons. The molecule has 0 aromatic rings. The van der Waals surface area contributed by atoms with Crippen LogP contribution in [0, 0.1) is 22.7 Å². The van der Waals surface area contributed by atoms with E-state index in [0.29, 0.717) is 0 Å². The molecule has 1 N–H and O–H groups in total. The van der Waals surface area contributed by atoms with Crippen LogP contribution in [0.5, 0.6) is 0 Å². The molecule has 0 spiro atoms. The van der Waals surface area contributed by atoms with E-state index in [1.165, 1.54) is 0 Å². The van der Waals surface area contributed by atoms with Crippen LogP contribution >= 0.6 is 0 Å². The van der Waals surface area contributed by atoms with E-state index in [4.69, 9.17) is 5.26 Å². The van der Waals surface area contributed by atoms with Gasteiger partial charge >= 0.3 is 0 Å². The molecule has 1 atom stereocenters. The van der Waals surface area contributed by atoms with Gasteiger partial charge in [-0.15, -0.1) is 0 Å². The van der Waals surface area contributed by atoms with E-state index in [-0.39, 0.29) is 11.5 Å². The summed E-state index contributed by atoms with van der Waals surface area (Å²) in [5.74, 6) is 0.753. The Bertz CT molecular complexity index is 188. The summed E-state index contributed by atoms with van der Waals surface area (Å²) in [6.07, 6.45) is 3.54. The maximum atomic E-state index is 9.44. The van der Waals surface area contributed by atoms with Gasteiger partial charge in [0.1, 0.15) is 0 Å². The van der Waals surface area contributed by atoms with Gasteiger partial charge in [0.25, 0.3) is 0 Å². The van der Waals surface area contributed by atoms with Crippen LogP contribution in [-0.4, -0.2) is 11.2 Å². The molecular weight excluding hydrogens is 126 g/mol. The first-order valence-electron chi connectivity index (χ1n) is 3.86. The van der Waals surface area contributed by atoms with Gasteiger partial charge in [0, 0.05) is 0 Å². The molecule has 3 aliphatic carbocycles. The third-order valence-corrected chi connectivity index (χ3v) is 3.01. The van der Waals surface area contributed by atoms with Crippen LogP contribution in [0.1, 0.15) is 25.7 Å². The van der Waals surface area contributed by atoms with Crippen molar-refractivity contribution in [2.75, 3.05) is 0 Å². The number of rotatable bonds is 0. The lowest BCUT2D eigenvalue weighted by molar-refractivity contribution is -0.0771. The zero-order valence-corrected chi connectivity index (χ0v) is 5.88. The van der Waals surface area contributed by atoms with Gasteiger partial charge in [-0.2, -0.15) is 5.26 Å². The van der Waals surface area contributed by atoms with Crippen LogP contribution in [0.25, 0.3) is 0 Å². The van der Waals surface area contributed by atoms with Gasteiger partial charge in [0.05, 0.1) is 17.6 Å². The number of nitrogens with zero attached hydrogens (tertiary/aromatic N) is 1. The third kappa shape index (κ3) is 0.564. The summed E-state index contributed by atoms with van der Waals surface area (Å²) in [4.78, 5) is 0. The summed E-state index contributed by atoms with van der Waals surface area (Å²) in [6.45, 7) is 0. The minimum atomic E-state index is -0.331. The van der Waals surface area contributed by atoms with Crippen LogP contribution in [0.2, 0.25) is 0 Å². The highest BCUT2D eigenvalue weighted by Gasteiger charge is 2.53. The van der Waals surface area contributed by atoms with Gasteiger partial charge in [-0.05, 0) is 31.6 Å². The average Bonchev–Trinajstić information content (AvgIpc) is 1.86. The highest BCUT2D eigenvalue weighted by molar-refractivity contribution is 5.14. The molecule has 0 aromatic heterocycles. The Morgan fingerprint density at radius 2 is 2.10 bits per heavy atom. The van der Waals surface area contributed by atoms with Crippen molar-refractivity contribution < 1.29 is 5.11 Å². The fraction of sp³-hybridized carbons (Fsp3) is 0.875. The second kappa shape index (κ2) is 1.73. The second-order valence-corrected chi connectivity index (χ2v) is 3.64. The van der Waals surface area contributed by atoms with E-state index < -0.39 is 0 Å². The van der Waals surface area contributed by atoms with E-state index >= 15 is 0 Å². The van der Waals surface area contributed by atoms with Crippen LogP contribution in [0.4, 0.5) is 0 Å². The van der Waals surface area contributed by atoms with Crippen molar-refractivity contribution in [1.82, 2.24) is 0 Å². The summed E-state index contributed by atoms with van der Waals surface area (Å²) in [5.41, 5.74) is -0.317. The lowest BCUT2D eigenvalue weighted by Crippen LogP contribution is -2.50. The van der Waals surface area contributed by atoms with Crippen LogP contribution in [0.3, 0.4) is 0 Å². The topological polar surface area (TPSA) is 44.0 Å². The van der Waals surface area contributed by atoms with E-state index in [1.807, 2.05) is 0 Å². The van der Waals surface area contributed by atoms with E-state index in [2.05, 4.69) is 6.07 Å². The Balaban J connectivity index is 2.19. The van der Waals surface area contributed by atoms with Gasteiger partial charge in [0.2, 0.25) is 0 Å². The van der Waals surface area contributed by atoms with Gasteiger partial charge in [-0.25, -0.2) is 0 Å². The third-order valence-electron chi connectivity index (χ3n) is 3.01. The number of aliphatic hydroxyl groups excluding tert-OH is 1. The quantitative estimate of drug-likeness (QED) is 0.542. The molecule has 0 saturated heterocycles. The monoisotopic (exact) mass is 137 g/mol. The largest absolute Gasteiger partial charge is 0.391 e. The smallest absolute Gasteiger partial charge is 0.0837 e. The molecule has 2 bridgehead atoms. The highest BCUT2D eigenvalue weighted by Crippen LogP contribution is 2.55. The molecule has 2 heteroatoms. The number of hydrogen-bond donors (Lipinski definition) is 1. The molecule has 3 rings (SSSR count). The molecule has 0 aromatic carbocycles. The van der Waals surface area contributed by atoms with Gasteiger partial charge in [-0.3, -0.25) is 0 Å². The molecule has 0 heterocycles. The molecule has 0 amide bonds. The molecule has 0 aliphatic heterocycles. The minimum absolute atomic E-state index is 0.317. The Hall–Kier alpha value is -0.550. The fourth-order valence-electron chi connectivity index (χ4n) is 2.28. The molecule has 0 radical (unpaired) electrons. The Kier molecular flexibility index (Phi) is 1.07. The summed E-state index contributed by atoms with van der Waals surface area (Å²) in [6, 6.07) is 2.25. The maximum Gasteiger partial charge on any atom is 0.0837 e. The lowest BCUT2D eigenvalue weighted by Gasteiger charge is -2.50. The molecular formula is C8H11NO. The van der Waals surface area contributed by atoms with Gasteiger partial charge < -0.3 is 5.11 Å². The molecule has 0 unspecified atom stereocenters. The number of nitriles is 1. The van der Waals surface area contributed by atoms with Crippen LogP contribution in [-0.2, 0) is 0 Å². The van der Waals surface area contributed by atoms with Crippen molar-refractivity contribution in [2.24, 2.45) is 11.3 Å². The van der Waals surface area contributed by atoms with Crippen molar-refractivity contribution >= 4 is 0 Å². The normalized spacial score (nSPS) is 51.2. The SMILES string of the molecule is N#CC12CC(CC[C@@H]1O)C2.